The maximum atomic E-state index is 10.3. The monoisotopic (exact) mass is 182 g/mol. The Morgan fingerprint density at radius 2 is 2.00 bits per heavy atom. The van der Waals surface area contributed by atoms with Crippen LogP contribution in [-0.2, 0) is 11.3 Å². The molecule has 1 aromatic carbocycles. The van der Waals surface area contributed by atoms with Crippen LogP contribution in [0.15, 0.2) is 24.3 Å². The molecule has 0 aliphatic rings. The Balaban J connectivity index is 2.64. The van der Waals surface area contributed by atoms with Crippen molar-refractivity contribution < 1.29 is 9.66 Å². The van der Waals surface area contributed by atoms with Crippen LogP contribution in [0, 0.1) is 10.1 Å². The summed E-state index contributed by atoms with van der Waals surface area (Å²) in [5.74, 6) is 0. The van der Waals surface area contributed by atoms with E-state index in [1.54, 1.807) is 12.1 Å². The summed E-state index contributed by atoms with van der Waals surface area (Å²) in [5, 5.41) is 10.3. The minimum atomic E-state index is -0.437. The van der Waals surface area contributed by atoms with Crippen LogP contribution in [0.5, 0.6) is 0 Å². The zero-order valence-corrected chi connectivity index (χ0v) is 6.97. The van der Waals surface area contributed by atoms with Gasteiger partial charge in [-0.2, -0.15) is 0 Å². The van der Waals surface area contributed by atoms with Gasteiger partial charge in [-0.25, -0.2) is 0 Å². The number of hydrogen-bond acceptors (Lipinski definition) is 4. The number of ether oxygens (including phenoxy) is 1. The molecule has 70 valence electrons. The van der Waals surface area contributed by atoms with E-state index >= 15 is 0 Å². The molecule has 0 aliphatic heterocycles. The molecule has 1 aromatic rings. The van der Waals surface area contributed by atoms with Crippen molar-refractivity contribution in [2.24, 2.45) is 5.73 Å². The first-order chi connectivity index (χ1) is 6.24. The highest BCUT2D eigenvalue weighted by Gasteiger charge is 2.02. The Morgan fingerprint density at radius 1 is 1.38 bits per heavy atom. The summed E-state index contributed by atoms with van der Waals surface area (Å²) in [7, 11) is 0. The van der Waals surface area contributed by atoms with Crippen molar-refractivity contribution in [1.82, 2.24) is 0 Å². The van der Waals surface area contributed by atoms with E-state index < -0.39 is 4.92 Å². The Hall–Kier alpha value is -1.46. The minimum Gasteiger partial charge on any atom is -0.362 e. The van der Waals surface area contributed by atoms with Gasteiger partial charge in [0.2, 0.25) is 0 Å². The SMILES string of the molecule is NCOCc1ccc([N+](=O)[O-])cc1. The molecule has 5 nitrogen and oxygen atoms in total. The summed E-state index contributed by atoms with van der Waals surface area (Å²) >= 11 is 0. The van der Waals surface area contributed by atoms with E-state index in [1.807, 2.05) is 0 Å². The van der Waals surface area contributed by atoms with E-state index in [0.717, 1.165) is 5.56 Å². The highest BCUT2D eigenvalue weighted by molar-refractivity contribution is 5.32. The molecule has 0 saturated carbocycles. The molecule has 0 spiro atoms. The molecule has 0 amide bonds. The van der Waals surface area contributed by atoms with Crippen molar-refractivity contribution in [1.29, 1.82) is 0 Å². The van der Waals surface area contributed by atoms with Gasteiger partial charge < -0.3 is 10.5 Å². The number of nitrogens with zero attached hydrogens (tertiary/aromatic N) is 1. The first-order valence-electron chi connectivity index (χ1n) is 3.75. The van der Waals surface area contributed by atoms with Crippen molar-refractivity contribution in [3.8, 4) is 0 Å². The van der Waals surface area contributed by atoms with Gasteiger partial charge >= 0.3 is 0 Å². The zero-order valence-electron chi connectivity index (χ0n) is 6.97. The quantitative estimate of drug-likeness (QED) is 0.428. The largest absolute Gasteiger partial charge is 0.362 e. The first kappa shape index (κ1) is 9.63. The van der Waals surface area contributed by atoms with E-state index in [1.165, 1.54) is 12.1 Å². The molecule has 0 aromatic heterocycles. The normalized spacial score (nSPS) is 9.92. The van der Waals surface area contributed by atoms with E-state index in [2.05, 4.69) is 0 Å². The minimum absolute atomic E-state index is 0.0801. The fourth-order valence-corrected chi connectivity index (χ4v) is 0.891. The lowest BCUT2D eigenvalue weighted by Gasteiger charge is -1.99. The van der Waals surface area contributed by atoms with Gasteiger partial charge in [-0.1, -0.05) is 0 Å². The molecule has 1 rings (SSSR count). The smallest absolute Gasteiger partial charge is 0.269 e. The zero-order chi connectivity index (χ0) is 9.68. The third kappa shape index (κ3) is 2.81. The lowest BCUT2D eigenvalue weighted by atomic mass is 10.2. The molecule has 0 aliphatic carbocycles. The van der Waals surface area contributed by atoms with E-state index in [-0.39, 0.29) is 12.4 Å². The van der Waals surface area contributed by atoms with Crippen molar-refractivity contribution in [2.45, 2.75) is 6.61 Å². The summed E-state index contributed by atoms with van der Waals surface area (Å²) in [6.07, 6.45) is 0. The van der Waals surface area contributed by atoms with Crippen LogP contribution in [0.2, 0.25) is 0 Å². The highest BCUT2D eigenvalue weighted by atomic mass is 16.6. The molecule has 0 atom stereocenters. The number of nitro benzene ring substituents is 1. The van der Waals surface area contributed by atoms with Gasteiger partial charge in [-0.15, -0.1) is 0 Å². The topological polar surface area (TPSA) is 78.4 Å². The summed E-state index contributed by atoms with van der Waals surface area (Å²) in [4.78, 5) is 9.84. The predicted octanol–water partition coefficient (Wildman–Crippen LogP) is 1.03. The molecule has 0 bridgehead atoms. The van der Waals surface area contributed by atoms with Crippen LogP contribution in [0.25, 0.3) is 0 Å². The maximum absolute atomic E-state index is 10.3. The van der Waals surface area contributed by atoms with E-state index in [0.29, 0.717) is 6.61 Å². The molecule has 0 heterocycles. The van der Waals surface area contributed by atoms with Crippen LogP contribution in [0.4, 0.5) is 5.69 Å². The maximum Gasteiger partial charge on any atom is 0.269 e. The van der Waals surface area contributed by atoms with E-state index in [4.69, 9.17) is 10.5 Å². The number of nitro groups is 1. The molecule has 2 N–H and O–H groups in total. The number of benzene rings is 1. The lowest BCUT2D eigenvalue weighted by Crippen LogP contribution is -2.04. The van der Waals surface area contributed by atoms with Crippen molar-refractivity contribution in [2.75, 3.05) is 6.73 Å². The first-order valence-corrected chi connectivity index (χ1v) is 3.75. The van der Waals surface area contributed by atoms with Crippen molar-refractivity contribution in [3.63, 3.8) is 0 Å². The molecule has 0 saturated heterocycles. The van der Waals surface area contributed by atoms with Crippen LogP contribution >= 0.6 is 0 Å². The number of rotatable bonds is 4. The van der Waals surface area contributed by atoms with Gasteiger partial charge in [0, 0.05) is 12.1 Å². The Kier molecular flexibility index (Phi) is 3.36. The van der Waals surface area contributed by atoms with E-state index in [9.17, 15) is 10.1 Å². The van der Waals surface area contributed by atoms with Gasteiger partial charge in [0.15, 0.2) is 0 Å². The molecule has 13 heavy (non-hydrogen) atoms. The second kappa shape index (κ2) is 4.54. The van der Waals surface area contributed by atoms with Crippen LogP contribution in [0.1, 0.15) is 5.56 Å². The third-order valence-corrected chi connectivity index (χ3v) is 1.53. The van der Waals surface area contributed by atoms with Gasteiger partial charge in [-0.3, -0.25) is 10.1 Å². The summed E-state index contributed by atoms with van der Waals surface area (Å²) in [6, 6.07) is 6.17. The van der Waals surface area contributed by atoms with Crippen molar-refractivity contribution >= 4 is 5.69 Å². The Morgan fingerprint density at radius 3 is 2.46 bits per heavy atom. The number of nitrogens with two attached hydrogens (primary N) is 1. The van der Waals surface area contributed by atoms with Gasteiger partial charge in [0.1, 0.15) is 0 Å². The second-order valence-electron chi connectivity index (χ2n) is 2.44. The molecular formula is C8H10N2O3. The summed E-state index contributed by atoms with van der Waals surface area (Å²) in [6.45, 7) is 0.533. The molecule has 0 fully saturated rings. The third-order valence-electron chi connectivity index (χ3n) is 1.53. The molecule has 5 heteroatoms. The van der Waals surface area contributed by atoms with Crippen LogP contribution < -0.4 is 5.73 Å². The summed E-state index contributed by atoms with van der Waals surface area (Å²) in [5.41, 5.74) is 6.08. The van der Waals surface area contributed by atoms with Gasteiger partial charge in [0.25, 0.3) is 5.69 Å². The van der Waals surface area contributed by atoms with Gasteiger partial charge in [0.05, 0.1) is 18.3 Å². The fourth-order valence-electron chi connectivity index (χ4n) is 0.891. The lowest BCUT2D eigenvalue weighted by molar-refractivity contribution is -0.384. The Bertz CT molecular complexity index is 284. The standard InChI is InChI=1S/C8H10N2O3/c9-6-13-5-7-1-3-8(4-2-7)10(11)12/h1-4H,5-6,9H2. The predicted molar refractivity (Wildman–Crippen MR) is 46.9 cm³/mol. The Labute approximate surface area is 75.3 Å². The van der Waals surface area contributed by atoms with Crippen LogP contribution in [-0.4, -0.2) is 11.7 Å². The number of non-ortho nitro benzene ring substituents is 1. The summed E-state index contributed by atoms with van der Waals surface area (Å²) < 4.78 is 4.93. The number of hydrogen-bond donors (Lipinski definition) is 1. The van der Waals surface area contributed by atoms with Gasteiger partial charge in [-0.05, 0) is 17.7 Å². The molecule has 0 unspecified atom stereocenters. The fraction of sp³-hybridized carbons (Fsp3) is 0.250. The second-order valence-corrected chi connectivity index (χ2v) is 2.44. The van der Waals surface area contributed by atoms with Crippen molar-refractivity contribution in [3.05, 3.63) is 39.9 Å². The molecular weight excluding hydrogens is 172 g/mol. The average Bonchev–Trinajstić information content (AvgIpc) is 2.15. The van der Waals surface area contributed by atoms with Crippen LogP contribution in [0.3, 0.4) is 0 Å². The average molecular weight is 182 g/mol. The molecule has 0 radical (unpaired) electrons. The highest BCUT2D eigenvalue weighted by Crippen LogP contribution is 2.12.